The molecule has 2 aromatic carbocycles. The monoisotopic (exact) mass is 452 g/mol. The van der Waals surface area contributed by atoms with Crippen molar-refractivity contribution in [3.05, 3.63) is 99.8 Å². The molecule has 156 valence electrons. The average Bonchev–Trinajstić information content (AvgIpc) is 3.14. The molecule has 1 N–H and O–H groups in total. The fourth-order valence-corrected chi connectivity index (χ4v) is 3.58. The van der Waals surface area contributed by atoms with E-state index in [0.717, 1.165) is 22.5 Å². The van der Waals surface area contributed by atoms with Crippen LogP contribution in [0.5, 0.6) is 5.75 Å². The van der Waals surface area contributed by atoms with E-state index in [1.807, 2.05) is 54.0 Å². The summed E-state index contributed by atoms with van der Waals surface area (Å²) in [7, 11) is 0. The first-order valence-electron chi connectivity index (χ1n) is 9.47. The number of aryl methyl sites for hydroxylation is 1. The van der Waals surface area contributed by atoms with Crippen LogP contribution in [0.4, 0.5) is 0 Å². The van der Waals surface area contributed by atoms with Crippen LogP contribution in [0.15, 0.2) is 72.9 Å². The molecule has 31 heavy (non-hydrogen) atoms. The molecular weight excluding hydrogens is 435 g/mol. The van der Waals surface area contributed by atoms with Gasteiger partial charge in [-0.2, -0.15) is 0 Å². The number of nitrogens with zero attached hydrogens (tertiary/aromatic N) is 2. The molecular formula is C24H18Cl2N2O3. The fraction of sp³-hybridized carbons (Fsp3) is 0.0833. The zero-order valence-electron chi connectivity index (χ0n) is 16.5. The number of pyridine rings is 1. The molecule has 0 saturated carbocycles. The van der Waals surface area contributed by atoms with E-state index in [9.17, 15) is 9.90 Å². The molecule has 2 heterocycles. The van der Waals surface area contributed by atoms with Crippen LogP contribution in [-0.4, -0.2) is 20.6 Å². The molecule has 0 atom stereocenters. The number of rotatable bonds is 6. The maximum Gasteiger partial charge on any atom is 0.335 e. The van der Waals surface area contributed by atoms with Gasteiger partial charge >= 0.3 is 5.97 Å². The lowest BCUT2D eigenvalue weighted by atomic mass is 10.1. The molecule has 0 amide bonds. The molecule has 5 nitrogen and oxygen atoms in total. The molecule has 0 spiro atoms. The predicted octanol–water partition coefficient (Wildman–Crippen LogP) is 6.43. The van der Waals surface area contributed by atoms with Crippen LogP contribution >= 0.6 is 23.2 Å². The van der Waals surface area contributed by atoms with Gasteiger partial charge in [-0.1, -0.05) is 35.3 Å². The minimum Gasteiger partial charge on any atom is -0.488 e. The number of benzene rings is 2. The summed E-state index contributed by atoms with van der Waals surface area (Å²) in [6.07, 6.45) is 1.49. The van der Waals surface area contributed by atoms with E-state index in [1.54, 1.807) is 18.2 Å². The van der Waals surface area contributed by atoms with Gasteiger partial charge in [0.05, 0.1) is 11.3 Å². The molecule has 0 unspecified atom stereocenters. The third-order valence-electron chi connectivity index (χ3n) is 4.82. The van der Waals surface area contributed by atoms with Crippen molar-refractivity contribution in [1.29, 1.82) is 0 Å². The summed E-state index contributed by atoms with van der Waals surface area (Å²) >= 11 is 12.2. The maximum atomic E-state index is 11.4. The second-order valence-corrected chi connectivity index (χ2v) is 7.83. The van der Waals surface area contributed by atoms with Crippen LogP contribution in [0.25, 0.3) is 17.1 Å². The molecule has 0 radical (unpaired) electrons. The van der Waals surface area contributed by atoms with Crippen LogP contribution in [0.1, 0.15) is 21.6 Å². The molecule has 2 aromatic heterocycles. The van der Waals surface area contributed by atoms with E-state index in [2.05, 4.69) is 4.98 Å². The van der Waals surface area contributed by atoms with Crippen molar-refractivity contribution in [1.82, 2.24) is 9.55 Å². The summed E-state index contributed by atoms with van der Waals surface area (Å²) in [4.78, 5) is 15.8. The van der Waals surface area contributed by atoms with Gasteiger partial charge in [0.15, 0.2) is 0 Å². The molecule has 0 fully saturated rings. The Morgan fingerprint density at radius 1 is 1.00 bits per heavy atom. The van der Waals surface area contributed by atoms with Crippen molar-refractivity contribution >= 4 is 29.2 Å². The minimum atomic E-state index is -1.01. The predicted molar refractivity (Wildman–Crippen MR) is 121 cm³/mol. The standard InChI is InChI=1S/C24H18Cl2N2O3/c1-15-2-9-21(28(15)23-12-17(24(29)30)10-11-27-23)20-8-7-19(26)13-22(20)31-14-16-3-5-18(25)6-4-16/h2-13H,14H2,1H3,(H,29,30). The van der Waals surface area contributed by atoms with Gasteiger partial charge in [-0.3, -0.25) is 4.57 Å². The van der Waals surface area contributed by atoms with Crippen LogP contribution in [-0.2, 0) is 6.61 Å². The van der Waals surface area contributed by atoms with E-state index < -0.39 is 5.97 Å². The second kappa shape index (κ2) is 8.84. The number of carbonyl (C=O) groups is 1. The van der Waals surface area contributed by atoms with Gasteiger partial charge < -0.3 is 9.84 Å². The van der Waals surface area contributed by atoms with Gasteiger partial charge in [-0.25, -0.2) is 9.78 Å². The number of aromatic nitrogens is 2. The van der Waals surface area contributed by atoms with Gasteiger partial charge in [-0.05, 0) is 67.1 Å². The van der Waals surface area contributed by atoms with Crippen molar-refractivity contribution < 1.29 is 14.6 Å². The van der Waals surface area contributed by atoms with Crippen molar-refractivity contribution in [2.24, 2.45) is 0 Å². The highest BCUT2D eigenvalue weighted by molar-refractivity contribution is 6.31. The number of halogens is 2. The van der Waals surface area contributed by atoms with Crippen LogP contribution in [0, 0.1) is 6.92 Å². The summed E-state index contributed by atoms with van der Waals surface area (Å²) < 4.78 is 8.00. The normalized spacial score (nSPS) is 10.8. The Balaban J connectivity index is 1.75. The van der Waals surface area contributed by atoms with E-state index in [-0.39, 0.29) is 5.56 Å². The molecule has 4 aromatic rings. The first-order valence-corrected chi connectivity index (χ1v) is 10.2. The average molecular weight is 453 g/mol. The van der Waals surface area contributed by atoms with Crippen LogP contribution in [0.2, 0.25) is 10.0 Å². The van der Waals surface area contributed by atoms with Gasteiger partial charge in [0.1, 0.15) is 18.2 Å². The topological polar surface area (TPSA) is 64.3 Å². The summed E-state index contributed by atoms with van der Waals surface area (Å²) in [6.45, 7) is 2.28. The highest BCUT2D eigenvalue weighted by atomic mass is 35.5. The zero-order chi connectivity index (χ0) is 22.0. The highest BCUT2D eigenvalue weighted by Gasteiger charge is 2.16. The summed E-state index contributed by atoms with van der Waals surface area (Å²) in [6, 6.07) is 19.8. The van der Waals surface area contributed by atoms with Gasteiger partial charge in [0.25, 0.3) is 0 Å². The largest absolute Gasteiger partial charge is 0.488 e. The number of ether oxygens (including phenoxy) is 1. The van der Waals surface area contributed by atoms with Gasteiger partial charge in [0, 0.05) is 27.5 Å². The Hall–Kier alpha value is -3.28. The maximum absolute atomic E-state index is 11.4. The molecule has 0 aliphatic rings. The number of hydrogen-bond donors (Lipinski definition) is 1. The lowest BCUT2D eigenvalue weighted by Crippen LogP contribution is -2.05. The van der Waals surface area contributed by atoms with E-state index in [4.69, 9.17) is 27.9 Å². The van der Waals surface area contributed by atoms with Crippen molar-refractivity contribution in [2.75, 3.05) is 0 Å². The lowest BCUT2D eigenvalue weighted by Gasteiger charge is -2.16. The molecule has 4 rings (SSSR count). The number of hydrogen-bond acceptors (Lipinski definition) is 3. The molecule has 0 saturated heterocycles. The third kappa shape index (κ3) is 4.58. The smallest absolute Gasteiger partial charge is 0.335 e. The van der Waals surface area contributed by atoms with Crippen molar-refractivity contribution in [2.45, 2.75) is 13.5 Å². The second-order valence-electron chi connectivity index (χ2n) is 6.96. The molecule has 0 aliphatic heterocycles. The Kier molecular flexibility index (Phi) is 5.98. The Morgan fingerprint density at radius 3 is 2.48 bits per heavy atom. The van der Waals surface area contributed by atoms with Crippen LogP contribution in [0.3, 0.4) is 0 Å². The number of aromatic carboxylic acids is 1. The minimum absolute atomic E-state index is 0.166. The van der Waals surface area contributed by atoms with Crippen LogP contribution < -0.4 is 4.74 Å². The number of carboxylic acid groups (broad SMARTS) is 1. The van der Waals surface area contributed by atoms with Crippen molar-refractivity contribution in [3.63, 3.8) is 0 Å². The number of carboxylic acids is 1. The van der Waals surface area contributed by atoms with Gasteiger partial charge in [0.2, 0.25) is 0 Å². The summed E-state index contributed by atoms with van der Waals surface area (Å²) in [5.41, 5.74) is 3.67. The zero-order valence-corrected chi connectivity index (χ0v) is 18.1. The molecule has 0 aliphatic carbocycles. The first-order chi connectivity index (χ1) is 14.9. The fourth-order valence-electron chi connectivity index (χ4n) is 3.30. The Labute approximate surface area is 189 Å². The summed E-state index contributed by atoms with van der Waals surface area (Å²) in [5, 5.41) is 10.6. The van der Waals surface area contributed by atoms with E-state index >= 15 is 0 Å². The lowest BCUT2D eigenvalue weighted by molar-refractivity contribution is 0.0696. The summed E-state index contributed by atoms with van der Waals surface area (Å²) in [5.74, 6) is 0.112. The molecule has 0 bridgehead atoms. The van der Waals surface area contributed by atoms with Crippen molar-refractivity contribution in [3.8, 4) is 22.8 Å². The Morgan fingerprint density at radius 2 is 1.74 bits per heavy atom. The van der Waals surface area contributed by atoms with Gasteiger partial charge in [-0.15, -0.1) is 0 Å². The Bertz CT molecular complexity index is 1250. The SMILES string of the molecule is Cc1ccc(-c2ccc(Cl)cc2OCc2ccc(Cl)cc2)n1-c1cc(C(=O)O)ccn1. The van der Waals surface area contributed by atoms with E-state index in [1.165, 1.54) is 12.3 Å². The highest BCUT2D eigenvalue weighted by Crippen LogP contribution is 2.35. The first kappa shape index (κ1) is 21.0. The quantitative estimate of drug-likeness (QED) is 0.365. The third-order valence-corrected chi connectivity index (χ3v) is 5.31. The molecule has 7 heteroatoms. The van der Waals surface area contributed by atoms with E-state index in [0.29, 0.717) is 28.2 Å².